The van der Waals surface area contributed by atoms with Crippen LogP contribution >= 0.6 is 0 Å². The van der Waals surface area contributed by atoms with Crippen molar-refractivity contribution >= 4 is 11.9 Å². The zero-order valence-corrected chi connectivity index (χ0v) is 12.5. The molecule has 4 aliphatic rings. The van der Waals surface area contributed by atoms with E-state index in [4.69, 9.17) is 9.47 Å². The standard InChI is InChI=1S/C17H18O4/c1-7-5-11-12(7)14-10-4-8(2)13(10)15(11)17(19)21-9(3)6-20-16(14)18/h7-9H,4-6H2,1-3H3. The van der Waals surface area contributed by atoms with Gasteiger partial charge in [-0.2, -0.15) is 0 Å². The van der Waals surface area contributed by atoms with E-state index in [-0.39, 0.29) is 18.5 Å². The predicted molar refractivity (Wildman–Crippen MR) is 75.8 cm³/mol. The molecule has 1 aromatic rings. The number of carbonyl (C=O) groups is 2. The number of hydrogen-bond donors (Lipinski definition) is 0. The largest absolute Gasteiger partial charge is 0.458 e. The molecule has 21 heavy (non-hydrogen) atoms. The average Bonchev–Trinajstić information content (AvgIpc) is 2.41. The molecular formula is C17H18O4. The maximum absolute atomic E-state index is 12.5. The summed E-state index contributed by atoms with van der Waals surface area (Å²) >= 11 is 0. The third-order valence-electron chi connectivity index (χ3n) is 4.96. The molecule has 4 heteroatoms. The van der Waals surface area contributed by atoms with Gasteiger partial charge in [0.05, 0.1) is 11.1 Å². The molecule has 1 aromatic carbocycles. The van der Waals surface area contributed by atoms with Crippen molar-refractivity contribution in [2.45, 2.75) is 51.6 Å². The highest BCUT2D eigenvalue weighted by Gasteiger charge is 2.44. The Morgan fingerprint density at radius 3 is 1.90 bits per heavy atom. The molecule has 0 aromatic heterocycles. The van der Waals surface area contributed by atoms with Gasteiger partial charge in [-0.1, -0.05) is 13.8 Å². The van der Waals surface area contributed by atoms with E-state index in [1.807, 2.05) is 0 Å². The molecule has 0 N–H and O–H groups in total. The summed E-state index contributed by atoms with van der Waals surface area (Å²) < 4.78 is 10.8. The quantitative estimate of drug-likeness (QED) is 0.688. The second kappa shape index (κ2) is 4.09. The van der Waals surface area contributed by atoms with Crippen LogP contribution in [-0.2, 0) is 22.3 Å². The molecule has 2 aliphatic heterocycles. The zero-order valence-electron chi connectivity index (χ0n) is 12.5. The number of ether oxygens (including phenoxy) is 2. The molecule has 3 atom stereocenters. The summed E-state index contributed by atoms with van der Waals surface area (Å²) in [4.78, 5) is 25.0. The molecule has 0 radical (unpaired) electrons. The topological polar surface area (TPSA) is 52.6 Å². The van der Waals surface area contributed by atoms with Crippen LogP contribution in [0.1, 0.15) is 75.6 Å². The van der Waals surface area contributed by atoms with Crippen LogP contribution in [0.3, 0.4) is 0 Å². The minimum atomic E-state index is -0.408. The van der Waals surface area contributed by atoms with E-state index in [1.54, 1.807) is 6.92 Å². The lowest BCUT2D eigenvalue weighted by Crippen LogP contribution is -2.36. The van der Waals surface area contributed by atoms with Gasteiger partial charge in [-0.05, 0) is 53.9 Å². The summed E-state index contributed by atoms with van der Waals surface area (Å²) in [5.74, 6) is 0.118. The second-order valence-corrected chi connectivity index (χ2v) is 6.56. The van der Waals surface area contributed by atoms with Crippen molar-refractivity contribution in [1.82, 2.24) is 0 Å². The Balaban J connectivity index is 2.02. The number of fused-ring (bicyclic) bond motifs is 5. The van der Waals surface area contributed by atoms with Gasteiger partial charge in [-0.15, -0.1) is 0 Å². The lowest BCUT2D eigenvalue weighted by Gasteiger charge is -2.41. The number of hydrogen-bond acceptors (Lipinski definition) is 4. The third-order valence-corrected chi connectivity index (χ3v) is 4.96. The zero-order chi connectivity index (χ0) is 14.9. The van der Waals surface area contributed by atoms with Gasteiger partial charge in [0.2, 0.25) is 0 Å². The Labute approximate surface area is 123 Å². The minimum absolute atomic E-state index is 0.122. The van der Waals surface area contributed by atoms with Gasteiger partial charge in [0.25, 0.3) is 0 Å². The van der Waals surface area contributed by atoms with E-state index in [0.29, 0.717) is 11.8 Å². The third kappa shape index (κ3) is 1.56. The van der Waals surface area contributed by atoms with E-state index in [9.17, 15) is 9.59 Å². The SMILES string of the molecule is CC1COC(=O)c2c3c(c(c4c2C(C)C4)C(=O)O1)C(C)C3. The van der Waals surface area contributed by atoms with Crippen LogP contribution in [-0.4, -0.2) is 24.6 Å². The van der Waals surface area contributed by atoms with Crippen molar-refractivity contribution in [3.05, 3.63) is 33.4 Å². The van der Waals surface area contributed by atoms with E-state index in [0.717, 1.165) is 46.2 Å². The molecule has 2 aliphatic carbocycles. The second-order valence-electron chi connectivity index (χ2n) is 6.56. The lowest BCUT2D eigenvalue weighted by molar-refractivity contribution is 0.00300. The first-order valence-electron chi connectivity index (χ1n) is 7.58. The van der Waals surface area contributed by atoms with Crippen molar-refractivity contribution in [1.29, 1.82) is 0 Å². The first kappa shape index (κ1) is 12.9. The number of esters is 2. The summed E-state index contributed by atoms with van der Waals surface area (Å²) in [6.07, 6.45) is 1.28. The Kier molecular flexibility index (Phi) is 2.51. The summed E-state index contributed by atoms with van der Waals surface area (Å²) in [7, 11) is 0. The molecule has 0 saturated carbocycles. The number of rotatable bonds is 0. The Hall–Kier alpha value is -1.84. The Bertz CT molecular complexity index is 689. The smallest absolute Gasteiger partial charge is 0.339 e. The van der Waals surface area contributed by atoms with Gasteiger partial charge >= 0.3 is 11.9 Å². The van der Waals surface area contributed by atoms with Gasteiger partial charge < -0.3 is 9.47 Å². The van der Waals surface area contributed by atoms with Crippen LogP contribution < -0.4 is 0 Å². The first-order chi connectivity index (χ1) is 9.99. The maximum atomic E-state index is 12.5. The summed E-state index contributed by atoms with van der Waals surface area (Å²) in [6.45, 7) is 6.06. The monoisotopic (exact) mass is 286 g/mol. The molecule has 0 amide bonds. The van der Waals surface area contributed by atoms with E-state index in [2.05, 4.69) is 13.8 Å². The van der Waals surface area contributed by atoms with Crippen LogP contribution in [0.4, 0.5) is 0 Å². The average molecular weight is 286 g/mol. The van der Waals surface area contributed by atoms with Gasteiger partial charge in [0.15, 0.2) is 0 Å². The van der Waals surface area contributed by atoms with E-state index >= 15 is 0 Å². The fourth-order valence-electron chi connectivity index (χ4n) is 3.97. The molecule has 110 valence electrons. The van der Waals surface area contributed by atoms with Crippen LogP contribution in [0.15, 0.2) is 0 Å². The maximum Gasteiger partial charge on any atom is 0.339 e. The molecule has 2 bridgehead atoms. The van der Waals surface area contributed by atoms with Crippen molar-refractivity contribution in [2.24, 2.45) is 0 Å². The van der Waals surface area contributed by atoms with Crippen LogP contribution in [0.5, 0.6) is 0 Å². The molecule has 2 heterocycles. The highest BCUT2D eigenvalue weighted by molar-refractivity contribution is 6.02. The normalized spacial score (nSPS) is 29.6. The molecule has 3 unspecified atom stereocenters. The number of benzene rings is 1. The molecule has 0 spiro atoms. The molecule has 0 saturated heterocycles. The first-order valence-corrected chi connectivity index (χ1v) is 7.58. The Morgan fingerprint density at radius 2 is 1.38 bits per heavy atom. The summed E-state index contributed by atoms with van der Waals surface area (Å²) in [5, 5.41) is 0. The molecule has 0 fully saturated rings. The van der Waals surface area contributed by atoms with E-state index in [1.165, 1.54) is 0 Å². The highest BCUT2D eigenvalue weighted by atomic mass is 16.6. The predicted octanol–water partition coefficient (Wildman–Crippen LogP) is 2.72. The van der Waals surface area contributed by atoms with Crippen LogP contribution in [0, 0.1) is 0 Å². The van der Waals surface area contributed by atoms with Gasteiger partial charge in [-0.3, -0.25) is 0 Å². The van der Waals surface area contributed by atoms with Gasteiger partial charge in [-0.25, -0.2) is 9.59 Å². The number of carbonyl (C=O) groups excluding carboxylic acids is 2. The van der Waals surface area contributed by atoms with E-state index < -0.39 is 6.10 Å². The van der Waals surface area contributed by atoms with Crippen molar-refractivity contribution in [2.75, 3.05) is 6.61 Å². The minimum Gasteiger partial charge on any atom is -0.458 e. The van der Waals surface area contributed by atoms with Crippen molar-refractivity contribution < 1.29 is 19.1 Å². The van der Waals surface area contributed by atoms with Crippen molar-refractivity contribution in [3.8, 4) is 0 Å². The lowest BCUT2D eigenvalue weighted by atomic mass is 9.63. The summed E-state index contributed by atoms with van der Waals surface area (Å²) in [5.41, 5.74) is 5.54. The van der Waals surface area contributed by atoms with Gasteiger partial charge in [0.1, 0.15) is 12.7 Å². The van der Waals surface area contributed by atoms with Crippen LogP contribution in [0.25, 0.3) is 0 Å². The van der Waals surface area contributed by atoms with Gasteiger partial charge in [0, 0.05) is 0 Å². The van der Waals surface area contributed by atoms with Crippen molar-refractivity contribution in [3.63, 3.8) is 0 Å². The Morgan fingerprint density at radius 1 is 0.857 bits per heavy atom. The van der Waals surface area contributed by atoms with Crippen LogP contribution in [0.2, 0.25) is 0 Å². The summed E-state index contributed by atoms with van der Waals surface area (Å²) in [6, 6.07) is 0. The molecule has 5 rings (SSSR count). The fraction of sp³-hybridized carbons (Fsp3) is 0.529. The molecule has 4 nitrogen and oxygen atoms in total. The molecular weight excluding hydrogens is 268 g/mol. The highest BCUT2D eigenvalue weighted by Crippen LogP contribution is 2.50. The fourth-order valence-corrected chi connectivity index (χ4v) is 3.97.